The van der Waals surface area contributed by atoms with E-state index in [1.54, 1.807) is 6.07 Å². The highest BCUT2D eigenvalue weighted by atomic mass is 35.5. The van der Waals surface area contributed by atoms with Crippen molar-refractivity contribution in [2.24, 2.45) is 11.8 Å². The standard InChI is InChI=1S/C19H27N5O2.ClH/c1-14(2)16-11-23(13-19(25)24-6-8-26-9-7-24)12-17(16)22-18-5-3-4-15(10-20)21-18;/h3-5,14,16-17H,6-9,11-13H2,1-2H3,(H,21,22);1H/t16-,17+;/m1./s1. The van der Waals surface area contributed by atoms with E-state index in [1.807, 2.05) is 17.0 Å². The molecule has 0 aliphatic carbocycles. The minimum atomic E-state index is 0. The number of hydrogen-bond donors (Lipinski definition) is 1. The highest BCUT2D eigenvalue weighted by molar-refractivity contribution is 5.85. The number of nitriles is 1. The summed E-state index contributed by atoms with van der Waals surface area (Å²) in [5.74, 6) is 1.83. The van der Waals surface area contributed by atoms with Gasteiger partial charge in [-0.05, 0) is 24.0 Å². The van der Waals surface area contributed by atoms with Gasteiger partial charge in [-0.25, -0.2) is 4.98 Å². The number of aromatic nitrogens is 1. The lowest BCUT2D eigenvalue weighted by atomic mass is 9.91. The minimum absolute atomic E-state index is 0. The van der Waals surface area contributed by atoms with Crippen molar-refractivity contribution in [2.75, 3.05) is 51.3 Å². The van der Waals surface area contributed by atoms with E-state index in [-0.39, 0.29) is 24.4 Å². The number of ether oxygens (including phenoxy) is 1. The maximum absolute atomic E-state index is 12.5. The van der Waals surface area contributed by atoms with Gasteiger partial charge in [0.1, 0.15) is 17.6 Å². The summed E-state index contributed by atoms with van der Waals surface area (Å²) in [4.78, 5) is 21.0. The number of rotatable bonds is 5. The van der Waals surface area contributed by atoms with Crippen LogP contribution in [-0.4, -0.2) is 72.7 Å². The van der Waals surface area contributed by atoms with E-state index in [1.165, 1.54) is 0 Å². The monoisotopic (exact) mass is 393 g/mol. The van der Waals surface area contributed by atoms with Crippen molar-refractivity contribution in [1.82, 2.24) is 14.8 Å². The zero-order chi connectivity index (χ0) is 18.5. The second-order valence-corrected chi connectivity index (χ2v) is 7.37. The topological polar surface area (TPSA) is 81.5 Å². The van der Waals surface area contributed by atoms with Crippen LogP contribution in [-0.2, 0) is 9.53 Å². The summed E-state index contributed by atoms with van der Waals surface area (Å²) in [5.41, 5.74) is 0.411. The number of likely N-dealkylation sites (tertiary alicyclic amines) is 1. The van der Waals surface area contributed by atoms with Crippen LogP contribution in [0.15, 0.2) is 18.2 Å². The maximum Gasteiger partial charge on any atom is 0.236 e. The Bertz CT molecular complexity index is 672. The number of morpholine rings is 1. The van der Waals surface area contributed by atoms with Gasteiger partial charge in [-0.15, -0.1) is 12.4 Å². The Morgan fingerprint density at radius 2 is 2.11 bits per heavy atom. The lowest BCUT2D eigenvalue weighted by Gasteiger charge is -2.28. The zero-order valence-corrected chi connectivity index (χ0v) is 16.7. The van der Waals surface area contributed by atoms with Crippen LogP contribution in [0.3, 0.4) is 0 Å². The van der Waals surface area contributed by atoms with Gasteiger partial charge in [0, 0.05) is 32.2 Å². The van der Waals surface area contributed by atoms with Crippen molar-refractivity contribution >= 4 is 24.1 Å². The van der Waals surface area contributed by atoms with E-state index in [4.69, 9.17) is 10.00 Å². The molecule has 0 unspecified atom stereocenters. The molecule has 0 radical (unpaired) electrons. The molecule has 1 amide bonds. The fraction of sp³-hybridized carbons (Fsp3) is 0.632. The second-order valence-electron chi connectivity index (χ2n) is 7.37. The first kappa shape index (κ1) is 21.4. The van der Waals surface area contributed by atoms with Gasteiger partial charge in [0.05, 0.1) is 19.8 Å². The quantitative estimate of drug-likeness (QED) is 0.818. The molecule has 2 fully saturated rings. The van der Waals surface area contributed by atoms with Crippen LogP contribution >= 0.6 is 12.4 Å². The normalized spacial score (nSPS) is 23.0. The lowest BCUT2D eigenvalue weighted by molar-refractivity contribution is -0.136. The third kappa shape index (κ3) is 5.55. The summed E-state index contributed by atoms with van der Waals surface area (Å²) in [5, 5.41) is 12.5. The minimum Gasteiger partial charge on any atom is -0.378 e. The third-order valence-corrected chi connectivity index (χ3v) is 5.22. The summed E-state index contributed by atoms with van der Waals surface area (Å²) in [6.45, 7) is 9.21. The molecular weight excluding hydrogens is 366 g/mol. The molecule has 8 heteroatoms. The van der Waals surface area contributed by atoms with Gasteiger partial charge in [-0.3, -0.25) is 9.69 Å². The highest BCUT2D eigenvalue weighted by Crippen LogP contribution is 2.27. The zero-order valence-electron chi connectivity index (χ0n) is 15.9. The highest BCUT2D eigenvalue weighted by Gasteiger charge is 2.36. The predicted molar refractivity (Wildman–Crippen MR) is 106 cm³/mol. The van der Waals surface area contributed by atoms with Gasteiger partial charge < -0.3 is 15.0 Å². The molecule has 7 nitrogen and oxygen atoms in total. The third-order valence-electron chi connectivity index (χ3n) is 5.22. The molecule has 2 aliphatic heterocycles. The molecule has 1 N–H and O–H groups in total. The fourth-order valence-electron chi connectivity index (χ4n) is 3.74. The molecule has 0 spiro atoms. The number of hydrogen-bond acceptors (Lipinski definition) is 6. The van der Waals surface area contributed by atoms with E-state index in [0.29, 0.717) is 50.4 Å². The number of carbonyl (C=O) groups excluding carboxylic acids is 1. The Morgan fingerprint density at radius 1 is 1.37 bits per heavy atom. The van der Waals surface area contributed by atoms with Gasteiger partial charge in [-0.1, -0.05) is 19.9 Å². The summed E-state index contributed by atoms with van der Waals surface area (Å²) in [6, 6.07) is 7.72. The molecule has 148 valence electrons. The summed E-state index contributed by atoms with van der Waals surface area (Å²) >= 11 is 0. The van der Waals surface area contributed by atoms with Crippen molar-refractivity contribution in [3.05, 3.63) is 23.9 Å². The van der Waals surface area contributed by atoms with Crippen molar-refractivity contribution in [1.29, 1.82) is 5.26 Å². The Labute approximate surface area is 167 Å². The molecule has 2 aliphatic rings. The Kier molecular flexibility index (Phi) is 7.84. The molecule has 0 bridgehead atoms. The average molecular weight is 394 g/mol. The lowest BCUT2D eigenvalue weighted by Crippen LogP contribution is -2.45. The van der Waals surface area contributed by atoms with Gasteiger partial charge in [0.2, 0.25) is 5.91 Å². The van der Waals surface area contributed by atoms with Crippen LogP contribution in [0.1, 0.15) is 19.5 Å². The first-order valence-electron chi connectivity index (χ1n) is 9.28. The van der Waals surface area contributed by atoms with Gasteiger partial charge in [0.15, 0.2) is 0 Å². The molecule has 2 saturated heterocycles. The van der Waals surface area contributed by atoms with Crippen LogP contribution in [0.2, 0.25) is 0 Å². The molecule has 3 heterocycles. The van der Waals surface area contributed by atoms with Crippen LogP contribution < -0.4 is 5.32 Å². The number of halogens is 1. The van der Waals surface area contributed by atoms with Crippen LogP contribution in [0.4, 0.5) is 5.82 Å². The molecule has 27 heavy (non-hydrogen) atoms. The molecule has 1 aromatic heterocycles. The van der Waals surface area contributed by atoms with E-state index in [9.17, 15) is 4.79 Å². The van der Waals surface area contributed by atoms with Crippen LogP contribution in [0.25, 0.3) is 0 Å². The number of amides is 1. The predicted octanol–water partition coefficient (Wildman–Crippen LogP) is 1.60. The van der Waals surface area contributed by atoms with Crippen molar-refractivity contribution < 1.29 is 9.53 Å². The Morgan fingerprint density at radius 3 is 2.78 bits per heavy atom. The number of nitrogens with one attached hydrogen (secondary N) is 1. The number of pyridine rings is 1. The Balaban J connectivity index is 0.00000261. The molecule has 0 saturated carbocycles. The summed E-state index contributed by atoms with van der Waals surface area (Å²) in [6.07, 6.45) is 0. The first-order chi connectivity index (χ1) is 12.6. The largest absolute Gasteiger partial charge is 0.378 e. The Hall–Kier alpha value is -1.88. The van der Waals surface area contributed by atoms with Gasteiger partial charge in [-0.2, -0.15) is 5.26 Å². The van der Waals surface area contributed by atoms with Crippen molar-refractivity contribution in [2.45, 2.75) is 19.9 Å². The van der Waals surface area contributed by atoms with E-state index in [0.717, 1.165) is 18.9 Å². The number of carbonyl (C=O) groups is 1. The summed E-state index contributed by atoms with van der Waals surface area (Å²) < 4.78 is 5.32. The number of anilines is 1. The number of nitrogens with zero attached hydrogens (tertiary/aromatic N) is 4. The molecule has 0 aromatic carbocycles. The van der Waals surface area contributed by atoms with Gasteiger partial charge in [0.25, 0.3) is 0 Å². The molecule has 1 aromatic rings. The fourth-order valence-corrected chi connectivity index (χ4v) is 3.74. The van der Waals surface area contributed by atoms with E-state index >= 15 is 0 Å². The molecule has 3 rings (SSSR count). The van der Waals surface area contributed by atoms with E-state index in [2.05, 4.69) is 35.1 Å². The van der Waals surface area contributed by atoms with Crippen LogP contribution in [0.5, 0.6) is 0 Å². The average Bonchev–Trinajstić information content (AvgIpc) is 3.05. The molecule has 2 atom stereocenters. The maximum atomic E-state index is 12.5. The summed E-state index contributed by atoms with van der Waals surface area (Å²) in [7, 11) is 0. The SMILES string of the molecule is CC(C)[C@H]1CN(CC(=O)N2CCOCC2)C[C@@H]1Nc1cccc(C#N)n1.Cl. The molecular formula is C19H28ClN5O2. The van der Waals surface area contributed by atoms with Crippen LogP contribution in [0, 0.1) is 23.2 Å². The van der Waals surface area contributed by atoms with Crippen molar-refractivity contribution in [3.63, 3.8) is 0 Å². The van der Waals surface area contributed by atoms with E-state index < -0.39 is 0 Å². The smallest absolute Gasteiger partial charge is 0.236 e. The van der Waals surface area contributed by atoms with Crippen molar-refractivity contribution in [3.8, 4) is 6.07 Å². The second kappa shape index (κ2) is 9.88. The first-order valence-corrected chi connectivity index (χ1v) is 9.28. The van der Waals surface area contributed by atoms with Gasteiger partial charge >= 0.3 is 0 Å².